The molecular formula is C75H55BN2O6. The summed E-state index contributed by atoms with van der Waals surface area (Å²) < 4.78 is 42.0. The monoisotopic (exact) mass is 1090 g/mol. The van der Waals surface area contributed by atoms with E-state index in [1.165, 1.54) is 11.1 Å². The molecule has 0 radical (unpaired) electrons. The van der Waals surface area contributed by atoms with Crippen LogP contribution < -0.4 is 26.2 Å². The average molecular weight is 1090 g/mol. The lowest BCUT2D eigenvalue weighted by Gasteiger charge is -2.41. The van der Waals surface area contributed by atoms with Gasteiger partial charge in [0.1, 0.15) is 56.5 Å². The van der Waals surface area contributed by atoms with E-state index in [1.54, 1.807) is 0 Å². The van der Waals surface area contributed by atoms with Crippen LogP contribution in [0.5, 0.6) is 0 Å². The Morgan fingerprint density at radius 1 is 0.321 bits per heavy atom. The van der Waals surface area contributed by atoms with Gasteiger partial charge in [-0.15, -0.1) is 0 Å². The van der Waals surface area contributed by atoms with E-state index in [0.717, 1.165) is 168 Å². The summed E-state index contributed by atoms with van der Waals surface area (Å²) in [7, 11) is 0. The number of furan rings is 6. The molecule has 17 rings (SSSR count). The third-order valence-corrected chi connectivity index (χ3v) is 17.4. The molecule has 0 atom stereocenters. The minimum atomic E-state index is -0.345. The van der Waals surface area contributed by atoms with Gasteiger partial charge >= 0.3 is 0 Å². The third-order valence-electron chi connectivity index (χ3n) is 17.4. The Labute approximate surface area is 484 Å². The molecule has 2 aliphatic rings. The Hall–Kier alpha value is -10.1. The van der Waals surface area contributed by atoms with E-state index >= 15 is 0 Å². The molecule has 0 saturated heterocycles. The predicted molar refractivity (Wildman–Crippen MR) is 343 cm³/mol. The van der Waals surface area contributed by atoms with Crippen molar-refractivity contribution in [3.8, 4) is 45.3 Å². The standard InChI is InChI=1S/C75H55BN2O6/c1-42-28-57-71-58(29-42)78(54-34-49(67-38-45-18-10-14-22-61(45)81-67)31-50(35-54)68-39-46-19-11-15-23-62(46)82-68)73-70(56-41-52(75(5,6)7)25-27-64(56)84-73)76(71)69-55-40-51(74(2,3)4)24-26-63(55)83-72(69)77(57)53-32-47(65-36-43-16-8-12-20-59(43)79-65)30-48(33-53)66-37-44-17-9-13-21-60(44)80-66/h8-41H,1-7H3. The number of fused-ring (bicyclic) bond motifs is 12. The molecule has 0 bridgehead atoms. The van der Waals surface area contributed by atoms with E-state index in [4.69, 9.17) is 26.5 Å². The van der Waals surface area contributed by atoms with Gasteiger partial charge in [-0.2, -0.15) is 0 Å². The number of hydrogen-bond acceptors (Lipinski definition) is 8. The number of nitrogens with zero attached hydrogens (tertiary/aromatic N) is 2. The first-order valence-electron chi connectivity index (χ1n) is 28.9. The predicted octanol–water partition coefficient (Wildman–Crippen LogP) is 19.8. The molecule has 8 nitrogen and oxygen atoms in total. The molecular weight excluding hydrogens is 1040 g/mol. The Balaban J connectivity index is 0.986. The van der Waals surface area contributed by atoms with Gasteiger partial charge in [0.15, 0.2) is 0 Å². The van der Waals surface area contributed by atoms with Gasteiger partial charge in [0.2, 0.25) is 11.8 Å². The van der Waals surface area contributed by atoms with Crippen molar-refractivity contribution in [1.82, 2.24) is 0 Å². The van der Waals surface area contributed by atoms with Crippen molar-refractivity contribution in [2.24, 2.45) is 0 Å². The summed E-state index contributed by atoms with van der Waals surface area (Å²) in [5.74, 6) is 4.46. The zero-order chi connectivity index (χ0) is 56.5. The van der Waals surface area contributed by atoms with Crippen molar-refractivity contribution in [2.75, 3.05) is 9.80 Å². The summed E-state index contributed by atoms with van der Waals surface area (Å²) in [6.45, 7) is 15.5. The fourth-order valence-electron chi connectivity index (χ4n) is 13.2. The van der Waals surface area contributed by atoms with Gasteiger partial charge in [-0.1, -0.05) is 126 Å². The lowest BCUT2D eigenvalue weighted by atomic mass is 9.33. The molecule has 0 fully saturated rings. The maximum atomic E-state index is 7.49. The summed E-state index contributed by atoms with van der Waals surface area (Å²) in [5, 5.41) is 6.20. The first kappa shape index (κ1) is 48.6. The molecule has 0 N–H and O–H groups in total. The number of aryl methyl sites for hydroxylation is 1. The van der Waals surface area contributed by atoms with E-state index in [-0.39, 0.29) is 17.5 Å². The van der Waals surface area contributed by atoms with Gasteiger partial charge in [0.25, 0.3) is 6.71 Å². The minimum absolute atomic E-state index is 0.157. The molecule has 0 saturated carbocycles. The maximum Gasteiger partial charge on any atom is 0.262 e. The Kier molecular flexibility index (Phi) is 10.1. The van der Waals surface area contributed by atoms with Gasteiger partial charge in [0, 0.05) is 76.9 Å². The molecule has 404 valence electrons. The quantitative estimate of drug-likeness (QED) is 0.152. The third kappa shape index (κ3) is 7.47. The molecule has 9 heteroatoms. The van der Waals surface area contributed by atoms with E-state index in [1.807, 2.05) is 72.8 Å². The second kappa shape index (κ2) is 17.5. The largest absolute Gasteiger partial charge is 0.456 e. The van der Waals surface area contributed by atoms with Gasteiger partial charge in [-0.3, -0.25) is 9.80 Å². The van der Waals surface area contributed by atoms with E-state index < -0.39 is 0 Å². The van der Waals surface area contributed by atoms with E-state index in [2.05, 4.69) is 192 Å². The Bertz CT molecular complexity index is 4600. The van der Waals surface area contributed by atoms with Crippen LogP contribution in [0.4, 0.5) is 34.5 Å². The van der Waals surface area contributed by atoms with Gasteiger partial charge in [-0.25, -0.2) is 0 Å². The molecule has 2 aliphatic heterocycles. The van der Waals surface area contributed by atoms with Crippen LogP contribution in [0.2, 0.25) is 0 Å². The van der Waals surface area contributed by atoms with Crippen molar-refractivity contribution < 1.29 is 26.5 Å². The fourth-order valence-corrected chi connectivity index (χ4v) is 13.2. The zero-order valence-electron chi connectivity index (χ0n) is 47.6. The highest BCUT2D eigenvalue weighted by Gasteiger charge is 2.49. The van der Waals surface area contributed by atoms with Crippen LogP contribution in [0.1, 0.15) is 58.2 Å². The summed E-state index contributed by atoms with van der Waals surface area (Å²) in [6, 6.07) is 72.7. The number of para-hydroxylation sites is 4. The average Bonchev–Trinajstić information content (AvgIpc) is 1.49. The second-order valence-electron chi connectivity index (χ2n) is 25.0. The first-order valence-corrected chi connectivity index (χ1v) is 28.9. The summed E-state index contributed by atoms with van der Waals surface area (Å²) >= 11 is 0. The van der Waals surface area contributed by atoms with Crippen LogP contribution in [0.25, 0.3) is 111 Å². The number of benzene rings is 9. The molecule has 6 aromatic heterocycles. The molecule has 15 aromatic rings. The minimum Gasteiger partial charge on any atom is -0.456 e. The topological polar surface area (TPSA) is 85.3 Å². The van der Waals surface area contributed by atoms with Crippen LogP contribution in [-0.4, -0.2) is 6.71 Å². The second-order valence-corrected chi connectivity index (χ2v) is 25.0. The van der Waals surface area contributed by atoms with Gasteiger partial charge in [-0.05, 0) is 161 Å². The molecule has 0 amide bonds. The number of anilines is 6. The zero-order valence-corrected chi connectivity index (χ0v) is 47.6. The van der Waals surface area contributed by atoms with Gasteiger partial charge in [0.05, 0.1) is 11.4 Å². The molecule has 8 heterocycles. The van der Waals surface area contributed by atoms with Crippen LogP contribution in [0, 0.1) is 6.92 Å². The van der Waals surface area contributed by atoms with Crippen LogP contribution >= 0.6 is 0 Å². The SMILES string of the molecule is Cc1cc2c3c(c1)N(c1cc(-c4cc5ccccc5o4)cc(-c4cc5ccccc5o4)c1)c1oc4ccc(C(C)(C)C)cc4c1B3c1c(oc3ccc(C(C)(C)C)cc13)N2c1cc(-c2cc3ccccc3o2)cc(-c2cc3ccccc3o2)c1. The number of rotatable bonds is 6. The highest BCUT2D eigenvalue weighted by molar-refractivity contribution is 7.02. The highest BCUT2D eigenvalue weighted by Crippen LogP contribution is 2.51. The van der Waals surface area contributed by atoms with Crippen LogP contribution in [0.3, 0.4) is 0 Å². The normalized spacial score (nSPS) is 13.3. The summed E-state index contributed by atoms with van der Waals surface area (Å²) in [4.78, 5) is 4.70. The number of hydrogen-bond donors (Lipinski definition) is 0. The lowest BCUT2D eigenvalue weighted by Crippen LogP contribution is -2.60. The molecule has 9 aromatic carbocycles. The van der Waals surface area contributed by atoms with Crippen molar-refractivity contribution in [3.05, 3.63) is 223 Å². The molecule has 0 aliphatic carbocycles. The van der Waals surface area contributed by atoms with Crippen LogP contribution in [-0.2, 0) is 10.8 Å². The molecule has 0 spiro atoms. The lowest BCUT2D eigenvalue weighted by molar-refractivity contribution is 0.589. The highest BCUT2D eigenvalue weighted by atomic mass is 16.4. The van der Waals surface area contributed by atoms with Crippen molar-refractivity contribution in [1.29, 1.82) is 0 Å². The smallest absolute Gasteiger partial charge is 0.262 e. The summed E-state index contributed by atoms with van der Waals surface area (Å²) in [6.07, 6.45) is 0. The maximum absolute atomic E-state index is 7.49. The summed E-state index contributed by atoms with van der Waals surface area (Å²) in [5.41, 5.74) is 18.6. The van der Waals surface area contributed by atoms with Crippen molar-refractivity contribution in [3.63, 3.8) is 0 Å². The van der Waals surface area contributed by atoms with Crippen LogP contribution in [0.15, 0.2) is 233 Å². The Morgan fingerprint density at radius 3 is 0.976 bits per heavy atom. The first-order chi connectivity index (χ1) is 40.7. The van der Waals surface area contributed by atoms with E-state index in [0.29, 0.717) is 0 Å². The van der Waals surface area contributed by atoms with Crippen molar-refractivity contribution in [2.45, 2.75) is 59.3 Å². The molecule has 84 heavy (non-hydrogen) atoms. The molecule has 0 unspecified atom stereocenters. The van der Waals surface area contributed by atoms with Crippen molar-refractivity contribution >= 4 is 123 Å². The van der Waals surface area contributed by atoms with E-state index in [9.17, 15) is 0 Å². The fraction of sp³-hybridized carbons (Fsp3) is 0.120. The van der Waals surface area contributed by atoms with Gasteiger partial charge < -0.3 is 26.5 Å². The Morgan fingerprint density at radius 2 is 0.655 bits per heavy atom.